The van der Waals surface area contributed by atoms with Gasteiger partial charge in [0.1, 0.15) is 0 Å². The molecule has 5 rings (SSSR count). The number of rotatable bonds is 3. The Bertz CT molecular complexity index is 1200. The summed E-state index contributed by atoms with van der Waals surface area (Å²) in [5.41, 5.74) is 4.72. The highest BCUT2D eigenvalue weighted by molar-refractivity contribution is 7.25. The van der Waals surface area contributed by atoms with E-state index < -0.39 is 0 Å². The molecule has 26 heavy (non-hydrogen) atoms. The van der Waals surface area contributed by atoms with Crippen molar-refractivity contribution in [3.8, 4) is 11.1 Å². The number of fused-ring (bicyclic) bond motifs is 3. The summed E-state index contributed by atoms with van der Waals surface area (Å²) in [6.45, 7) is 0. The number of nitrogens with one attached hydrogen (secondary N) is 1. The molecule has 1 heterocycles. The number of anilines is 2. The molecule has 0 saturated carbocycles. The van der Waals surface area contributed by atoms with Gasteiger partial charge in [-0.15, -0.1) is 11.3 Å². The standard InChI is InChI=1S/C24H17NS/c1-2-8-17(9-3-1)18-10-6-11-19(16-18)25-21-13-7-15-23-24(21)20-12-4-5-14-22(20)26-23/h1-16,25H. The Morgan fingerprint density at radius 3 is 2.23 bits per heavy atom. The topological polar surface area (TPSA) is 12.0 Å². The number of hydrogen-bond donors (Lipinski definition) is 1. The van der Waals surface area contributed by atoms with Gasteiger partial charge in [-0.2, -0.15) is 0 Å². The lowest BCUT2D eigenvalue weighted by Crippen LogP contribution is -1.91. The third-order valence-corrected chi connectivity index (χ3v) is 5.79. The Morgan fingerprint density at radius 1 is 0.577 bits per heavy atom. The minimum Gasteiger partial charge on any atom is -0.355 e. The van der Waals surface area contributed by atoms with Crippen molar-refractivity contribution in [2.24, 2.45) is 0 Å². The molecule has 0 bridgehead atoms. The molecule has 124 valence electrons. The predicted molar refractivity (Wildman–Crippen MR) is 114 cm³/mol. The molecular weight excluding hydrogens is 334 g/mol. The summed E-state index contributed by atoms with van der Waals surface area (Å²) in [5.74, 6) is 0. The van der Waals surface area contributed by atoms with E-state index >= 15 is 0 Å². The van der Waals surface area contributed by atoms with Crippen LogP contribution in [0.4, 0.5) is 11.4 Å². The largest absolute Gasteiger partial charge is 0.355 e. The number of hydrogen-bond acceptors (Lipinski definition) is 2. The van der Waals surface area contributed by atoms with Crippen LogP contribution in [0.1, 0.15) is 0 Å². The molecule has 1 N–H and O–H groups in total. The summed E-state index contributed by atoms with van der Waals surface area (Å²) in [4.78, 5) is 0. The third-order valence-electron chi connectivity index (χ3n) is 4.65. The smallest absolute Gasteiger partial charge is 0.0478 e. The van der Waals surface area contributed by atoms with Crippen molar-refractivity contribution >= 4 is 42.9 Å². The molecule has 0 spiro atoms. The second-order valence-electron chi connectivity index (χ2n) is 6.35. The van der Waals surface area contributed by atoms with Gasteiger partial charge < -0.3 is 5.32 Å². The molecule has 0 radical (unpaired) electrons. The van der Waals surface area contributed by atoms with Crippen molar-refractivity contribution < 1.29 is 0 Å². The molecule has 0 unspecified atom stereocenters. The van der Waals surface area contributed by atoms with Crippen LogP contribution in [-0.2, 0) is 0 Å². The summed E-state index contributed by atoms with van der Waals surface area (Å²) in [6, 6.07) is 34.2. The Morgan fingerprint density at radius 2 is 1.31 bits per heavy atom. The van der Waals surface area contributed by atoms with Crippen molar-refractivity contribution in [2.75, 3.05) is 5.32 Å². The molecule has 0 saturated heterocycles. The van der Waals surface area contributed by atoms with E-state index in [-0.39, 0.29) is 0 Å². The van der Waals surface area contributed by atoms with Gasteiger partial charge in [0.15, 0.2) is 0 Å². The van der Waals surface area contributed by atoms with E-state index in [1.54, 1.807) is 0 Å². The van der Waals surface area contributed by atoms with Crippen LogP contribution in [0.25, 0.3) is 31.3 Å². The van der Waals surface area contributed by atoms with Crippen LogP contribution in [0.5, 0.6) is 0 Å². The Labute approximate surface area is 156 Å². The van der Waals surface area contributed by atoms with Gasteiger partial charge in [0.2, 0.25) is 0 Å². The summed E-state index contributed by atoms with van der Waals surface area (Å²) >= 11 is 1.85. The van der Waals surface area contributed by atoms with Crippen molar-refractivity contribution in [1.29, 1.82) is 0 Å². The lowest BCUT2D eigenvalue weighted by molar-refractivity contribution is 1.56. The highest BCUT2D eigenvalue weighted by Gasteiger charge is 2.09. The van der Waals surface area contributed by atoms with Crippen molar-refractivity contribution in [3.63, 3.8) is 0 Å². The van der Waals surface area contributed by atoms with Gasteiger partial charge in [-0.25, -0.2) is 0 Å². The molecule has 5 aromatic rings. The number of benzene rings is 4. The van der Waals surface area contributed by atoms with Crippen molar-refractivity contribution in [1.82, 2.24) is 0 Å². The molecular formula is C24H17NS. The average Bonchev–Trinajstić information content (AvgIpc) is 3.08. The highest BCUT2D eigenvalue weighted by atomic mass is 32.1. The van der Waals surface area contributed by atoms with E-state index in [9.17, 15) is 0 Å². The molecule has 0 aliphatic heterocycles. The van der Waals surface area contributed by atoms with Gasteiger partial charge in [0.25, 0.3) is 0 Å². The fourth-order valence-electron chi connectivity index (χ4n) is 3.44. The molecule has 0 aliphatic rings. The van der Waals surface area contributed by atoms with E-state index in [0.717, 1.165) is 11.4 Å². The summed E-state index contributed by atoms with van der Waals surface area (Å²) in [5, 5.41) is 6.26. The van der Waals surface area contributed by atoms with E-state index in [0.29, 0.717) is 0 Å². The van der Waals surface area contributed by atoms with Crippen LogP contribution in [0.2, 0.25) is 0 Å². The first-order valence-electron chi connectivity index (χ1n) is 8.71. The first-order chi connectivity index (χ1) is 12.9. The summed E-state index contributed by atoms with van der Waals surface area (Å²) < 4.78 is 2.64. The monoisotopic (exact) mass is 351 g/mol. The SMILES string of the molecule is c1ccc(-c2cccc(Nc3cccc4sc5ccccc5c34)c2)cc1. The zero-order valence-electron chi connectivity index (χ0n) is 14.1. The van der Waals surface area contributed by atoms with E-state index in [2.05, 4.69) is 96.3 Å². The predicted octanol–water partition coefficient (Wildman–Crippen LogP) is 7.47. The van der Waals surface area contributed by atoms with Crippen molar-refractivity contribution in [2.45, 2.75) is 0 Å². The fourth-order valence-corrected chi connectivity index (χ4v) is 4.57. The lowest BCUT2D eigenvalue weighted by Gasteiger charge is -2.10. The first kappa shape index (κ1) is 15.2. The van der Waals surface area contributed by atoms with Crippen LogP contribution < -0.4 is 5.32 Å². The molecule has 1 nitrogen and oxygen atoms in total. The van der Waals surface area contributed by atoms with Gasteiger partial charge in [0.05, 0.1) is 0 Å². The van der Waals surface area contributed by atoms with E-state index in [1.807, 2.05) is 17.4 Å². The van der Waals surface area contributed by atoms with Gasteiger partial charge in [0, 0.05) is 31.5 Å². The Kier molecular flexibility index (Phi) is 3.69. The van der Waals surface area contributed by atoms with Gasteiger partial charge in [-0.05, 0) is 41.5 Å². The molecule has 1 aromatic heterocycles. The quantitative estimate of drug-likeness (QED) is 0.355. The molecule has 0 aliphatic carbocycles. The summed E-state index contributed by atoms with van der Waals surface area (Å²) in [7, 11) is 0. The van der Waals surface area contributed by atoms with Crippen LogP contribution in [-0.4, -0.2) is 0 Å². The van der Waals surface area contributed by atoms with Crippen LogP contribution in [0.15, 0.2) is 97.1 Å². The second-order valence-corrected chi connectivity index (χ2v) is 7.43. The Balaban J connectivity index is 1.60. The second kappa shape index (κ2) is 6.32. The van der Waals surface area contributed by atoms with Gasteiger partial charge in [-0.3, -0.25) is 0 Å². The zero-order chi connectivity index (χ0) is 17.3. The minimum atomic E-state index is 1.11. The van der Waals surface area contributed by atoms with Crippen LogP contribution >= 0.6 is 11.3 Å². The highest BCUT2D eigenvalue weighted by Crippen LogP contribution is 2.39. The maximum Gasteiger partial charge on any atom is 0.0478 e. The van der Waals surface area contributed by atoms with E-state index in [1.165, 1.54) is 31.3 Å². The van der Waals surface area contributed by atoms with Crippen LogP contribution in [0.3, 0.4) is 0 Å². The minimum absolute atomic E-state index is 1.11. The molecule has 4 aromatic carbocycles. The molecule has 0 fully saturated rings. The normalized spacial score (nSPS) is 11.1. The van der Waals surface area contributed by atoms with Gasteiger partial charge in [-0.1, -0.05) is 66.7 Å². The Hall–Kier alpha value is -3.10. The maximum absolute atomic E-state index is 3.64. The maximum atomic E-state index is 3.64. The summed E-state index contributed by atoms with van der Waals surface area (Å²) in [6.07, 6.45) is 0. The first-order valence-corrected chi connectivity index (χ1v) is 9.53. The lowest BCUT2D eigenvalue weighted by atomic mass is 10.0. The van der Waals surface area contributed by atoms with Crippen molar-refractivity contribution in [3.05, 3.63) is 97.1 Å². The fraction of sp³-hybridized carbons (Fsp3) is 0. The zero-order valence-corrected chi connectivity index (χ0v) is 15.0. The van der Waals surface area contributed by atoms with Crippen LogP contribution in [0, 0.1) is 0 Å². The van der Waals surface area contributed by atoms with E-state index in [4.69, 9.17) is 0 Å². The van der Waals surface area contributed by atoms with Gasteiger partial charge >= 0.3 is 0 Å². The molecule has 2 heteroatoms. The molecule has 0 amide bonds. The third kappa shape index (κ3) is 2.65. The average molecular weight is 351 g/mol. The molecule has 0 atom stereocenters. The number of thiophene rings is 1.